The monoisotopic (exact) mass is 310 g/mol. The normalized spacial score (nSPS) is 13.7. The Bertz CT molecular complexity index is 353. The predicted octanol–water partition coefficient (Wildman–Crippen LogP) is 4.32. The summed E-state index contributed by atoms with van der Waals surface area (Å²) >= 11 is 15.4. The minimum Gasteiger partial charge on any atom is -0.362 e. The van der Waals surface area contributed by atoms with Gasteiger partial charge in [0.25, 0.3) is 0 Å². The van der Waals surface area contributed by atoms with Gasteiger partial charge in [-0.1, -0.05) is 11.6 Å². The van der Waals surface area contributed by atoms with Crippen molar-refractivity contribution in [2.24, 2.45) is 0 Å². The van der Waals surface area contributed by atoms with Crippen molar-refractivity contribution >= 4 is 44.9 Å². The molecule has 84 valence electrons. The first kappa shape index (κ1) is 13.1. The maximum absolute atomic E-state index is 6.06. The van der Waals surface area contributed by atoms with Gasteiger partial charge in [-0.2, -0.15) is 0 Å². The lowest BCUT2D eigenvalue weighted by molar-refractivity contribution is 0.552. The Kier molecular flexibility index (Phi) is 4.27. The predicted molar refractivity (Wildman–Crippen MR) is 70.0 cm³/mol. The molecule has 0 aromatic carbocycles. The van der Waals surface area contributed by atoms with Crippen LogP contribution >= 0.6 is 39.1 Å². The second kappa shape index (κ2) is 4.89. The smallest absolute Gasteiger partial charge is 0.145 e. The van der Waals surface area contributed by atoms with Crippen LogP contribution in [0.2, 0.25) is 5.02 Å². The molecular weight excluding hydrogens is 299 g/mol. The zero-order chi connectivity index (χ0) is 11.6. The van der Waals surface area contributed by atoms with Gasteiger partial charge < -0.3 is 5.32 Å². The van der Waals surface area contributed by atoms with E-state index >= 15 is 0 Å². The number of halogens is 3. The molecule has 1 aromatic rings. The van der Waals surface area contributed by atoms with Crippen LogP contribution < -0.4 is 5.32 Å². The minimum absolute atomic E-state index is 0.0287. The SMILES string of the molecule is CC(Cl)C(C)(C)Nc1ncc(Br)cc1Cl. The lowest BCUT2D eigenvalue weighted by atomic mass is 10.0. The zero-order valence-electron chi connectivity index (χ0n) is 8.81. The summed E-state index contributed by atoms with van der Waals surface area (Å²) in [6.07, 6.45) is 1.70. The average molecular weight is 312 g/mol. The fraction of sp³-hybridized carbons (Fsp3) is 0.500. The van der Waals surface area contributed by atoms with Crippen LogP contribution in [-0.2, 0) is 0 Å². The van der Waals surface area contributed by atoms with Crippen LogP contribution in [0, 0.1) is 0 Å². The maximum Gasteiger partial charge on any atom is 0.145 e. The standard InChI is InChI=1S/C10H13BrCl2N2/c1-6(12)10(2,3)15-9-8(13)4-7(11)5-14-9/h4-6H,1-3H3,(H,14,15). The second-order valence-corrected chi connectivity index (χ2v) is 5.92. The molecule has 1 unspecified atom stereocenters. The van der Waals surface area contributed by atoms with E-state index in [4.69, 9.17) is 23.2 Å². The molecule has 1 N–H and O–H groups in total. The van der Waals surface area contributed by atoms with Crippen LogP contribution in [0.1, 0.15) is 20.8 Å². The summed E-state index contributed by atoms with van der Waals surface area (Å²) in [7, 11) is 0. The fourth-order valence-electron chi connectivity index (χ4n) is 0.911. The van der Waals surface area contributed by atoms with Crippen LogP contribution in [0.5, 0.6) is 0 Å². The Hall–Kier alpha value is 0.01000. The Labute approximate surface area is 108 Å². The van der Waals surface area contributed by atoms with E-state index in [-0.39, 0.29) is 10.9 Å². The highest BCUT2D eigenvalue weighted by atomic mass is 79.9. The summed E-state index contributed by atoms with van der Waals surface area (Å²) in [5.74, 6) is 0.650. The van der Waals surface area contributed by atoms with Crippen molar-refractivity contribution in [2.75, 3.05) is 5.32 Å². The van der Waals surface area contributed by atoms with Gasteiger partial charge >= 0.3 is 0 Å². The highest BCUT2D eigenvalue weighted by Gasteiger charge is 2.25. The van der Waals surface area contributed by atoms with E-state index in [9.17, 15) is 0 Å². The highest BCUT2D eigenvalue weighted by molar-refractivity contribution is 9.10. The highest BCUT2D eigenvalue weighted by Crippen LogP contribution is 2.27. The van der Waals surface area contributed by atoms with Crippen LogP contribution in [0.4, 0.5) is 5.82 Å². The molecule has 0 amide bonds. The Morgan fingerprint density at radius 2 is 2.13 bits per heavy atom. The van der Waals surface area contributed by atoms with Crippen LogP contribution in [0.15, 0.2) is 16.7 Å². The third kappa shape index (κ3) is 3.51. The maximum atomic E-state index is 6.06. The van der Waals surface area contributed by atoms with E-state index in [0.717, 1.165) is 4.47 Å². The van der Waals surface area contributed by atoms with E-state index in [2.05, 4.69) is 26.2 Å². The number of pyridine rings is 1. The van der Waals surface area contributed by atoms with Gasteiger partial charge in [0, 0.05) is 16.2 Å². The molecule has 0 bridgehead atoms. The number of anilines is 1. The van der Waals surface area contributed by atoms with Crippen molar-refractivity contribution in [3.05, 3.63) is 21.8 Å². The van der Waals surface area contributed by atoms with Crippen molar-refractivity contribution in [3.8, 4) is 0 Å². The number of hydrogen-bond acceptors (Lipinski definition) is 2. The third-order valence-corrected chi connectivity index (χ3v) is 3.51. The zero-order valence-corrected chi connectivity index (χ0v) is 11.9. The quantitative estimate of drug-likeness (QED) is 0.841. The molecular formula is C10H13BrCl2N2. The van der Waals surface area contributed by atoms with E-state index in [1.807, 2.05) is 20.8 Å². The van der Waals surface area contributed by atoms with Crippen LogP contribution in [-0.4, -0.2) is 15.9 Å². The first-order valence-corrected chi connectivity index (χ1v) is 6.17. The molecule has 0 saturated heterocycles. The Balaban J connectivity index is 2.90. The van der Waals surface area contributed by atoms with Gasteiger partial charge in [0.15, 0.2) is 0 Å². The molecule has 5 heteroatoms. The van der Waals surface area contributed by atoms with E-state index in [0.29, 0.717) is 10.8 Å². The summed E-state index contributed by atoms with van der Waals surface area (Å²) in [5.41, 5.74) is -0.258. The summed E-state index contributed by atoms with van der Waals surface area (Å²) in [6, 6.07) is 1.80. The van der Waals surface area contributed by atoms with Crippen LogP contribution in [0.25, 0.3) is 0 Å². The number of hydrogen-bond donors (Lipinski definition) is 1. The van der Waals surface area contributed by atoms with Crippen molar-refractivity contribution in [2.45, 2.75) is 31.7 Å². The van der Waals surface area contributed by atoms with Gasteiger partial charge in [-0.25, -0.2) is 4.98 Å². The molecule has 0 aliphatic rings. The van der Waals surface area contributed by atoms with E-state index in [1.54, 1.807) is 12.3 Å². The second-order valence-electron chi connectivity index (χ2n) is 3.95. The summed E-state index contributed by atoms with van der Waals surface area (Å²) in [5, 5.41) is 3.77. The number of alkyl halides is 1. The average Bonchev–Trinajstić information content (AvgIpc) is 2.09. The number of rotatable bonds is 3. The molecule has 1 aromatic heterocycles. The molecule has 0 aliphatic heterocycles. The van der Waals surface area contributed by atoms with Gasteiger partial charge in [-0.3, -0.25) is 0 Å². The molecule has 15 heavy (non-hydrogen) atoms. The van der Waals surface area contributed by atoms with Gasteiger partial charge in [-0.15, -0.1) is 11.6 Å². The molecule has 0 saturated carbocycles. The molecule has 2 nitrogen and oxygen atoms in total. The molecule has 0 spiro atoms. The van der Waals surface area contributed by atoms with Gasteiger partial charge in [0.2, 0.25) is 0 Å². The van der Waals surface area contributed by atoms with Gasteiger partial charge in [0.05, 0.1) is 10.4 Å². The lowest BCUT2D eigenvalue weighted by Crippen LogP contribution is -2.39. The topological polar surface area (TPSA) is 24.9 Å². The van der Waals surface area contributed by atoms with Crippen molar-refractivity contribution in [1.82, 2.24) is 4.98 Å². The molecule has 1 heterocycles. The summed E-state index contributed by atoms with van der Waals surface area (Å²) in [6.45, 7) is 5.94. The number of nitrogens with zero attached hydrogens (tertiary/aromatic N) is 1. The summed E-state index contributed by atoms with van der Waals surface area (Å²) in [4.78, 5) is 4.20. The fourth-order valence-corrected chi connectivity index (χ4v) is 1.64. The lowest BCUT2D eigenvalue weighted by Gasteiger charge is -2.29. The molecule has 1 rings (SSSR count). The van der Waals surface area contributed by atoms with Crippen molar-refractivity contribution in [1.29, 1.82) is 0 Å². The van der Waals surface area contributed by atoms with Crippen molar-refractivity contribution < 1.29 is 0 Å². The van der Waals surface area contributed by atoms with Gasteiger partial charge in [0.1, 0.15) is 5.82 Å². The Morgan fingerprint density at radius 3 is 2.60 bits per heavy atom. The molecule has 0 radical (unpaired) electrons. The number of aromatic nitrogens is 1. The number of nitrogens with one attached hydrogen (secondary N) is 1. The minimum atomic E-state index is -0.258. The molecule has 0 fully saturated rings. The third-order valence-electron chi connectivity index (χ3n) is 2.24. The molecule has 1 atom stereocenters. The Morgan fingerprint density at radius 1 is 1.53 bits per heavy atom. The van der Waals surface area contributed by atoms with Crippen LogP contribution in [0.3, 0.4) is 0 Å². The van der Waals surface area contributed by atoms with E-state index in [1.165, 1.54) is 0 Å². The first-order chi connectivity index (χ1) is 6.83. The van der Waals surface area contributed by atoms with Gasteiger partial charge in [-0.05, 0) is 42.8 Å². The first-order valence-electron chi connectivity index (χ1n) is 4.56. The largest absolute Gasteiger partial charge is 0.362 e. The van der Waals surface area contributed by atoms with Crippen molar-refractivity contribution in [3.63, 3.8) is 0 Å². The van der Waals surface area contributed by atoms with E-state index < -0.39 is 0 Å². The summed E-state index contributed by atoms with van der Waals surface area (Å²) < 4.78 is 0.856. The molecule has 0 aliphatic carbocycles.